The summed E-state index contributed by atoms with van der Waals surface area (Å²) in [7, 11) is 1.98. The number of hydrogen-bond acceptors (Lipinski definition) is 6. The van der Waals surface area contributed by atoms with E-state index in [-0.39, 0.29) is 11.7 Å². The Balaban J connectivity index is 1.46. The zero-order valence-electron chi connectivity index (χ0n) is 19.0. The highest BCUT2D eigenvalue weighted by Crippen LogP contribution is 2.32. The first-order chi connectivity index (χ1) is 16.5. The fraction of sp³-hybridized carbons (Fsp3) is 0.160. The quantitative estimate of drug-likeness (QED) is 0.292. The standard InChI is InChI=1S/C25H23N5O2S2/c1-16-7-4-5-10-19(16)30-24(21-14-22-20(29(21)2)11-12-32-22)27-28-25(30)34-15-23(31)26-17-8-6-9-18(13-17)33-3/h4-14H,15H2,1-3H3,(H,26,31). The molecule has 3 aromatic heterocycles. The monoisotopic (exact) mass is 489 g/mol. The van der Waals surface area contributed by atoms with Crippen LogP contribution in [-0.4, -0.2) is 37.2 Å². The van der Waals surface area contributed by atoms with Crippen LogP contribution in [0.3, 0.4) is 0 Å². The van der Waals surface area contributed by atoms with E-state index in [1.54, 1.807) is 18.0 Å². The molecule has 0 radical (unpaired) electrons. The summed E-state index contributed by atoms with van der Waals surface area (Å²) in [6.07, 6.45) is 3.69. The number of nitrogens with one attached hydrogen (secondary N) is 1. The number of rotatable bonds is 7. The van der Waals surface area contributed by atoms with E-state index >= 15 is 0 Å². The number of aryl methyl sites for hydroxylation is 2. The number of carbonyl (C=O) groups excluding carboxylic acids is 1. The zero-order chi connectivity index (χ0) is 23.7. The minimum Gasteiger partial charge on any atom is -0.463 e. The van der Waals surface area contributed by atoms with E-state index in [0.717, 1.165) is 38.6 Å². The van der Waals surface area contributed by atoms with Crippen molar-refractivity contribution in [1.29, 1.82) is 0 Å². The van der Waals surface area contributed by atoms with E-state index in [4.69, 9.17) is 4.42 Å². The molecule has 0 saturated heterocycles. The third-order valence-electron chi connectivity index (χ3n) is 5.57. The van der Waals surface area contributed by atoms with Crippen molar-refractivity contribution in [2.75, 3.05) is 17.3 Å². The van der Waals surface area contributed by atoms with Gasteiger partial charge in [0, 0.05) is 29.8 Å². The number of thioether (sulfide) groups is 2. The van der Waals surface area contributed by atoms with Gasteiger partial charge in [-0.1, -0.05) is 36.0 Å². The van der Waals surface area contributed by atoms with E-state index in [2.05, 4.69) is 28.5 Å². The Labute approximate surface area is 205 Å². The molecule has 1 N–H and O–H groups in total. The van der Waals surface area contributed by atoms with Crippen LogP contribution in [0.1, 0.15) is 5.56 Å². The molecule has 0 fully saturated rings. The molecule has 2 aromatic carbocycles. The van der Waals surface area contributed by atoms with Gasteiger partial charge in [0.1, 0.15) is 0 Å². The van der Waals surface area contributed by atoms with Gasteiger partial charge >= 0.3 is 0 Å². The predicted molar refractivity (Wildman–Crippen MR) is 138 cm³/mol. The van der Waals surface area contributed by atoms with Crippen LogP contribution in [0, 0.1) is 6.92 Å². The van der Waals surface area contributed by atoms with Gasteiger partial charge in [-0.3, -0.25) is 9.36 Å². The van der Waals surface area contributed by atoms with Crippen LogP contribution >= 0.6 is 23.5 Å². The molecule has 7 nitrogen and oxygen atoms in total. The molecule has 0 unspecified atom stereocenters. The minimum absolute atomic E-state index is 0.0967. The molecule has 1 amide bonds. The van der Waals surface area contributed by atoms with E-state index in [9.17, 15) is 4.79 Å². The maximum atomic E-state index is 12.7. The fourth-order valence-corrected chi connectivity index (χ4v) is 5.06. The number of anilines is 1. The molecule has 172 valence electrons. The van der Waals surface area contributed by atoms with Gasteiger partial charge in [-0.05, 0) is 43.0 Å². The van der Waals surface area contributed by atoms with Gasteiger partial charge in [0.05, 0.1) is 28.9 Å². The molecule has 5 rings (SSSR count). The molecule has 0 saturated carbocycles. The number of nitrogens with zero attached hydrogens (tertiary/aromatic N) is 4. The minimum atomic E-state index is -0.0967. The number of fused-ring (bicyclic) bond motifs is 1. The van der Waals surface area contributed by atoms with Gasteiger partial charge in [0.15, 0.2) is 16.6 Å². The molecule has 0 atom stereocenters. The van der Waals surface area contributed by atoms with Crippen molar-refractivity contribution in [3.05, 3.63) is 72.5 Å². The second-order valence-electron chi connectivity index (χ2n) is 7.76. The lowest BCUT2D eigenvalue weighted by Crippen LogP contribution is -2.14. The summed E-state index contributed by atoms with van der Waals surface area (Å²) in [6.45, 7) is 2.05. The van der Waals surface area contributed by atoms with Crippen LogP contribution in [0.5, 0.6) is 0 Å². The van der Waals surface area contributed by atoms with Gasteiger partial charge < -0.3 is 14.3 Å². The number of para-hydroxylation sites is 1. The number of carbonyl (C=O) groups is 1. The highest BCUT2D eigenvalue weighted by Gasteiger charge is 2.22. The Bertz CT molecular complexity index is 1480. The maximum Gasteiger partial charge on any atom is 0.234 e. The van der Waals surface area contributed by atoms with E-state index < -0.39 is 0 Å². The molecular formula is C25H23N5O2S2. The molecule has 34 heavy (non-hydrogen) atoms. The van der Waals surface area contributed by atoms with E-state index in [0.29, 0.717) is 11.0 Å². The molecule has 0 aliphatic rings. The maximum absolute atomic E-state index is 12.7. The lowest BCUT2D eigenvalue weighted by molar-refractivity contribution is -0.113. The highest BCUT2D eigenvalue weighted by atomic mass is 32.2. The van der Waals surface area contributed by atoms with Gasteiger partial charge in [0.25, 0.3) is 0 Å². The summed E-state index contributed by atoms with van der Waals surface area (Å²) in [5, 5.41) is 12.6. The van der Waals surface area contributed by atoms with Crippen LogP contribution in [0.4, 0.5) is 5.69 Å². The largest absolute Gasteiger partial charge is 0.463 e. The molecular weight excluding hydrogens is 466 g/mol. The Morgan fingerprint density at radius 3 is 2.74 bits per heavy atom. The lowest BCUT2D eigenvalue weighted by atomic mass is 10.2. The normalized spacial score (nSPS) is 11.3. The molecule has 0 aliphatic heterocycles. The van der Waals surface area contributed by atoms with Crippen LogP contribution in [-0.2, 0) is 11.8 Å². The fourth-order valence-electron chi connectivity index (χ4n) is 3.85. The second-order valence-corrected chi connectivity index (χ2v) is 9.58. The Kier molecular flexibility index (Phi) is 6.21. The number of hydrogen-bond donors (Lipinski definition) is 1. The third kappa shape index (κ3) is 4.24. The van der Waals surface area contributed by atoms with E-state index in [1.807, 2.05) is 77.0 Å². The average molecular weight is 490 g/mol. The summed E-state index contributed by atoms with van der Waals surface area (Å²) in [4.78, 5) is 13.8. The molecule has 3 heterocycles. The van der Waals surface area contributed by atoms with Crippen molar-refractivity contribution in [3.63, 3.8) is 0 Å². The predicted octanol–water partition coefficient (Wildman–Crippen LogP) is 5.78. The molecule has 0 bridgehead atoms. The molecule has 9 heteroatoms. The van der Waals surface area contributed by atoms with Gasteiger partial charge in [0.2, 0.25) is 5.91 Å². The summed E-state index contributed by atoms with van der Waals surface area (Å²) < 4.78 is 9.64. The molecule has 0 spiro atoms. The smallest absolute Gasteiger partial charge is 0.234 e. The van der Waals surface area contributed by atoms with Gasteiger partial charge in [-0.25, -0.2) is 0 Å². The summed E-state index contributed by atoms with van der Waals surface area (Å²) in [5.41, 5.74) is 5.49. The first-order valence-corrected chi connectivity index (χ1v) is 12.9. The first-order valence-electron chi connectivity index (χ1n) is 10.7. The van der Waals surface area contributed by atoms with Crippen molar-refractivity contribution < 1.29 is 9.21 Å². The highest BCUT2D eigenvalue weighted by molar-refractivity contribution is 7.99. The van der Waals surface area contributed by atoms with Crippen LogP contribution in [0.15, 0.2) is 81.4 Å². The second kappa shape index (κ2) is 9.44. The topological polar surface area (TPSA) is 77.9 Å². The third-order valence-corrected chi connectivity index (χ3v) is 7.22. The van der Waals surface area contributed by atoms with Crippen molar-refractivity contribution in [1.82, 2.24) is 19.3 Å². The van der Waals surface area contributed by atoms with E-state index in [1.165, 1.54) is 11.8 Å². The molecule has 0 aliphatic carbocycles. The summed E-state index contributed by atoms with van der Waals surface area (Å²) >= 11 is 3.00. The van der Waals surface area contributed by atoms with Crippen LogP contribution < -0.4 is 5.32 Å². The zero-order valence-corrected chi connectivity index (χ0v) is 20.6. The SMILES string of the molecule is CSc1cccc(NC(=O)CSc2nnc(-c3cc4occc4n3C)n2-c2ccccc2C)c1. The Morgan fingerprint density at radius 1 is 1.09 bits per heavy atom. The van der Waals surface area contributed by atoms with Crippen LogP contribution in [0.25, 0.3) is 28.3 Å². The number of aromatic nitrogens is 4. The number of amides is 1. The number of benzene rings is 2. The van der Waals surface area contributed by atoms with Crippen molar-refractivity contribution in [2.45, 2.75) is 17.0 Å². The molecule has 5 aromatic rings. The Morgan fingerprint density at radius 2 is 1.94 bits per heavy atom. The first kappa shape index (κ1) is 22.4. The van der Waals surface area contributed by atoms with Crippen molar-refractivity contribution in [2.24, 2.45) is 7.05 Å². The van der Waals surface area contributed by atoms with Crippen molar-refractivity contribution in [3.8, 4) is 17.2 Å². The lowest BCUT2D eigenvalue weighted by Gasteiger charge is -2.13. The van der Waals surface area contributed by atoms with Gasteiger partial charge in [-0.15, -0.1) is 22.0 Å². The van der Waals surface area contributed by atoms with Crippen LogP contribution in [0.2, 0.25) is 0 Å². The average Bonchev–Trinajstić information content (AvgIpc) is 3.54. The Hall–Kier alpha value is -3.43. The summed E-state index contributed by atoms with van der Waals surface area (Å²) in [5.74, 6) is 0.808. The summed E-state index contributed by atoms with van der Waals surface area (Å²) in [6, 6.07) is 19.8. The number of furan rings is 1. The van der Waals surface area contributed by atoms with Gasteiger partial charge in [-0.2, -0.15) is 0 Å². The van der Waals surface area contributed by atoms with Crippen molar-refractivity contribution >= 4 is 46.2 Å².